The van der Waals surface area contributed by atoms with E-state index in [4.69, 9.17) is 10.5 Å². The van der Waals surface area contributed by atoms with Gasteiger partial charge in [-0.15, -0.1) is 10.2 Å². The Balaban J connectivity index is 1.79. The normalized spacial score (nSPS) is 21.1. The highest BCUT2D eigenvalue weighted by Gasteiger charge is 2.29. The lowest BCUT2D eigenvalue weighted by atomic mass is 9.87. The second-order valence-corrected chi connectivity index (χ2v) is 8.34. The number of thioether (sulfide) groups is 2. The van der Waals surface area contributed by atoms with Gasteiger partial charge in [-0.2, -0.15) is 0 Å². The number of nitrogens with two attached hydrogens (primary N) is 1. The quantitative estimate of drug-likeness (QED) is 0.862. The summed E-state index contributed by atoms with van der Waals surface area (Å²) in [6.07, 6.45) is 4.14. The van der Waals surface area contributed by atoms with Gasteiger partial charge in [-0.25, -0.2) is 0 Å². The van der Waals surface area contributed by atoms with E-state index >= 15 is 0 Å². The highest BCUT2D eigenvalue weighted by Crippen LogP contribution is 2.41. The Morgan fingerprint density at radius 1 is 1.33 bits per heavy atom. The van der Waals surface area contributed by atoms with Gasteiger partial charge in [0.2, 0.25) is 0 Å². The lowest BCUT2D eigenvalue weighted by molar-refractivity contribution is 0.412. The number of hydrogen-bond donors (Lipinski definition) is 1. The van der Waals surface area contributed by atoms with Gasteiger partial charge in [-0.3, -0.25) is 0 Å². The number of ether oxygens (including phenoxy) is 1. The summed E-state index contributed by atoms with van der Waals surface area (Å²) in [6.45, 7) is 0. The molecule has 0 spiro atoms. The molecule has 21 heavy (non-hydrogen) atoms. The molecule has 0 bridgehead atoms. The van der Waals surface area contributed by atoms with Crippen molar-refractivity contribution in [3.8, 4) is 5.75 Å². The zero-order valence-electron chi connectivity index (χ0n) is 11.9. The van der Waals surface area contributed by atoms with Gasteiger partial charge in [0.1, 0.15) is 5.75 Å². The number of methoxy groups -OCH3 is 1. The van der Waals surface area contributed by atoms with Crippen molar-refractivity contribution >= 4 is 34.9 Å². The van der Waals surface area contributed by atoms with Crippen LogP contribution in [0.25, 0.3) is 0 Å². The summed E-state index contributed by atoms with van der Waals surface area (Å²) < 4.78 is 7.32. The molecule has 2 atom stereocenters. The molecule has 7 heteroatoms. The molecule has 1 aliphatic carbocycles. The SMILES string of the molecule is COc1ccc2c(c1)C(N)C(Sc1nnc(SC)s1)CC2. The third kappa shape index (κ3) is 3.21. The minimum absolute atomic E-state index is 0.00970. The Kier molecular flexibility index (Phi) is 4.73. The molecule has 1 aromatic heterocycles. The Morgan fingerprint density at radius 3 is 2.86 bits per heavy atom. The molecular weight excluding hydrogens is 322 g/mol. The van der Waals surface area contributed by atoms with E-state index in [1.165, 1.54) is 11.1 Å². The van der Waals surface area contributed by atoms with Crippen LogP contribution >= 0.6 is 34.9 Å². The van der Waals surface area contributed by atoms with Gasteiger partial charge in [0.05, 0.1) is 7.11 Å². The van der Waals surface area contributed by atoms with Gasteiger partial charge in [-0.05, 0) is 42.4 Å². The molecule has 2 N–H and O–H groups in total. The molecule has 112 valence electrons. The Morgan fingerprint density at radius 2 is 2.14 bits per heavy atom. The molecule has 0 aliphatic heterocycles. The first kappa shape index (κ1) is 15.1. The number of aryl methyl sites for hydroxylation is 1. The maximum atomic E-state index is 6.48. The summed E-state index contributed by atoms with van der Waals surface area (Å²) >= 11 is 5.02. The van der Waals surface area contributed by atoms with Gasteiger partial charge in [0, 0.05) is 11.3 Å². The smallest absolute Gasteiger partial charge is 0.175 e. The van der Waals surface area contributed by atoms with Crippen LogP contribution in [0.3, 0.4) is 0 Å². The Bertz CT molecular complexity index is 632. The van der Waals surface area contributed by atoms with Crippen molar-refractivity contribution < 1.29 is 4.74 Å². The van der Waals surface area contributed by atoms with Gasteiger partial charge < -0.3 is 10.5 Å². The number of aromatic nitrogens is 2. The van der Waals surface area contributed by atoms with E-state index in [1.807, 2.05) is 12.3 Å². The van der Waals surface area contributed by atoms with E-state index in [1.54, 1.807) is 42.0 Å². The standard InChI is InChI=1S/C14H17N3OS3/c1-18-9-5-3-8-4-6-11(12(15)10(8)7-9)20-14-17-16-13(19-2)21-14/h3,5,7,11-12H,4,6,15H2,1-2H3. The predicted molar refractivity (Wildman–Crippen MR) is 89.6 cm³/mol. The maximum Gasteiger partial charge on any atom is 0.175 e. The molecule has 1 aromatic carbocycles. The van der Waals surface area contributed by atoms with Crippen LogP contribution in [0.1, 0.15) is 23.6 Å². The van der Waals surface area contributed by atoms with Crippen LogP contribution < -0.4 is 10.5 Å². The van der Waals surface area contributed by atoms with Crippen LogP contribution in [0.5, 0.6) is 5.75 Å². The van der Waals surface area contributed by atoms with Crippen molar-refractivity contribution in [2.75, 3.05) is 13.4 Å². The molecule has 0 fully saturated rings. The average Bonchev–Trinajstić information content (AvgIpc) is 2.97. The zero-order valence-corrected chi connectivity index (χ0v) is 14.4. The molecule has 1 aliphatic rings. The minimum atomic E-state index is 0.00970. The Hall–Kier alpha value is -0.760. The number of hydrogen-bond acceptors (Lipinski definition) is 7. The van der Waals surface area contributed by atoms with Crippen LogP contribution in [0.4, 0.5) is 0 Å². The molecule has 4 nitrogen and oxygen atoms in total. The summed E-state index contributed by atoms with van der Waals surface area (Å²) in [5.74, 6) is 0.871. The summed E-state index contributed by atoms with van der Waals surface area (Å²) in [6, 6.07) is 6.22. The number of fused-ring (bicyclic) bond motifs is 1. The first-order valence-corrected chi connectivity index (χ1v) is 9.60. The average molecular weight is 340 g/mol. The second-order valence-electron chi connectivity index (χ2n) is 4.82. The third-order valence-corrected chi connectivity index (χ3v) is 6.97. The molecular formula is C14H17N3OS3. The van der Waals surface area contributed by atoms with Gasteiger partial charge in [0.25, 0.3) is 0 Å². The van der Waals surface area contributed by atoms with Crippen molar-refractivity contribution in [2.24, 2.45) is 5.73 Å². The third-order valence-electron chi connectivity index (χ3n) is 3.63. The maximum absolute atomic E-state index is 6.48. The molecule has 2 unspecified atom stereocenters. The van der Waals surface area contributed by atoms with Crippen molar-refractivity contribution in [3.05, 3.63) is 29.3 Å². The number of benzene rings is 1. The van der Waals surface area contributed by atoms with Crippen LogP contribution in [0.15, 0.2) is 26.9 Å². The molecule has 1 heterocycles. The van der Waals surface area contributed by atoms with E-state index in [-0.39, 0.29) is 6.04 Å². The van der Waals surface area contributed by atoms with Crippen molar-refractivity contribution in [2.45, 2.75) is 32.8 Å². The van der Waals surface area contributed by atoms with Crippen LogP contribution in [0.2, 0.25) is 0 Å². The summed E-state index contributed by atoms with van der Waals surface area (Å²) in [7, 11) is 1.69. The molecule has 0 radical (unpaired) electrons. The van der Waals surface area contributed by atoms with Crippen LogP contribution in [0, 0.1) is 0 Å². The largest absolute Gasteiger partial charge is 0.497 e. The highest BCUT2D eigenvalue weighted by molar-refractivity contribution is 8.03. The monoisotopic (exact) mass is 339 g/mol. The van der Waals surface area contributed by atoms with Crippen molar-refractivity contribution in [1.29, 1.82) is 0 Å². The summed E-state index contributed by atoms with van der Waals surface area (Å²) in [4.78, 5) is 0. The fraction of sp³-hybridized carbons (Fsp3) is 0.429. The van der Waals surface area contributed by atoms with Gasteiger partial charge >= 0.3 is 0 Å². The second kappa shape index (κ2) is 6.56. The predicted octanol–water partition coefficient (Wildman–Crippen LogP) is 3.38. The molecule has 0 amide bonds. The van der Waals surface area contributed by atoms with Gasteiger partial charge in [-0.1, -0.05) is 40.9 Å². The lowest BCUT2D eigenvalue weighted by Crippen LogP contribution is -2.29. The van der Waals surface area contributed by atoms with E-state index in [2.05, 4.69) is 22.3 Å². The molecule has 3 rings (SSSR count). The lowest BCUT2D eigenvalue weighted by Gasteiger charge is -2.30. The van der Waals surface area contributed by atoms with Gasteiger partial charge in [0.15, 0.2) is 8.68 Å². The minimum Gasteiger partial charge on any atom is -0.497 e. The molecule has 0 saturated heterocycles. The molecule has 2 aromatic rings. The number of nitrogens with zero attached hydrogens (tertiary/aromatic N) is 2. The topological polar surface area (TPSA) is 61.0 Å². The fourth-order valence-electron chi connectivity index (χ4n) is 2.50. The first-order valence-electron chi connectivity index (χ1n) is 6.68. The zero-order chi connectivity index (χ0) is 14.8. The number of rotatable bonds is 4. The molecule has 0 saturated carbocycles. The van der Waals surface area contributed by atoms with Crippen LogP contribution in [-0.4, -0.2) is 28.8 Å². The first-order chi connectivity index (χ1) is 10.2. The Labute approximate surface area is 136 Å². The van der Waals surface area contributed by atoms with E-state index in [0.29, 0.717) is 5.25 Å². The summed E-state index contributed by atoms with van der Waals surface area (Å²) in [5, 5.41) is 8.72. The van der Waals surface area contributed by atoms with E-state index in [0.717, 1.165) is 27.3 Å². The van der Waals surface area contributed by atoms with Crippen molar-refractivity contribution in [1.82, 2.24) is 10.2 Å². The fourth-order valence-corrected chi connectivity index (χ4v) is 5.34. The van der Waals surface area contributed by atoms with Crippen LogP contribution in [-0.2, 0) is 6.42 Å². The van der Waals surface area contributed by atoms with E-state index in [9.17, 15) is 0 Å². The highest BCUT2D eigenvalue weighted by atomic mass is 32.2. The van der Waals surface area contributed by atoms with Crippen molar-refractivity contribution in [3.63, 3.8) is 0 Å². The summed E-state index contributed by atoms with van der Waals surface area (Å²) in [5.41, 5.74) is 9.01. The van der Waals surface area contributed by atoms with E-state index < -0.39 is 0 Å².